The van der Waals surface area contributed by atoms with Crippen LogP contribution >= 0.6 is 0 Å². The first-order valence-electron chi connectivity index (χ1n) is 11.1. The van der Waals surface area contributed by atoms with Crippen LogP contribution in [-0.2, 0) is 6.54 Å². The Bertz CT molecular complexity index is 1160. The zero-order valence-electron chi connectivity index (χ0n) is 18.6. The fourth-order valence-corrected chi connectivity index (χ4v) is 3.84. The number of aryl methyl sites for hydroxylation is 1. The average molecular weight is 445 g/mol. The number of piperidine rings is 1. The van der Waals surface area contributed by atoms with Crippen LogP contribution in [0.3, 0.4) is 0 Å². The molecule has 1 saturated heterocycles. The lowest BCUT2D eigenvalue weighted by molar-refractivity contribution is 0.0923. The second-order valence-electron chi connectivity index (χ2n) is 8.20. The van der Waals surface area contributed by atoms with E-state index in [-0.39, 0.29) is 29.4 Å². The number of hydrogen-bond acceptors (Lipinski definition) is 6. The monoisotopic (exact) mass is 444 g/mol. The number of amides is 2. The standard InChI is InChI=1S/C25H28N6O2/c1-16-6-2-3-7-19(16)13-29-24(32)18-9-4-8-17(12-18)21-15-28-23(26)22(31-21)25(33)30-20-10-5-11-27-14-20/h2-4,6-9,12,15,20,27H,5,10-11,13-14H2,1H3,(H2,26,28)(H,29,32)(H,30,33). The van der Waals surface area contributed by atoms with Gasteiger partial charge in [-0.2, -0.15) is 0 Å². The Morgan fingerprint density at radius 1 is 1.15 bits per heavy atom. The fourth-order valence-electron chi connectivity index (χ4n) is 3.84. The number of nitrogens with one attached hydrogen (secondary N) is 3. The molecule has 2 heterocycles. The molecule has 33 heavy (non-hydrogen) atoms. The van der Waals surface area contributed by atoms with Crippen molar-refractivity contribution in [2.45, 2.75) is 32.4 Å². The molecule has 0 radical (unpaired) electrons. The number of carbonyl (C=O) groups is 2. The molecule has 8 heteroatoms. The van der Waals surface area contributed by atoms with E-state index >= 15 is 0 Å². The molecule has 1 aromatic heterocycles. The molecule has 3 aromatic rings. The maximum atomic E-state index is 12.8. The van der Waals surface area contributed by atoms with Crippen molar-refractivity contribution in [2.24, 2.45) is 0 Å². The summed E-state index contributed by atoms with van der Waals surface area (Å²) in [5.41, 5.74) is 9.88. The molecule has 0 aliphatic carbocycles. The van der Waals surface area contributed by atoms with Crippen molar-refractivity contribution in [3.8, 4) is 11.3 Å². The van der Waals surface area contributed by atoms with Gasteiger partial charge in [0.15, 0.2) is 11.5 Å². The Balaban J connectivity index is 1.49. The third-order valence-corrected chi connectivity index (χ3v) is 5.77. The first-order chi connectivity index (χ1) is 16.0. The van der Waals surface area contributed by atoms with E-state index in [1.165, 1.54) is 6.20 Å². The number of aromatic nitrogens is 2. The lowest BCUT2D eigenvalue weighted by atomic mass is 10.1. The second kappa shape index (κ2) is 10.2. The van der Waals surface area contributed by atoms with E-state index in [0.29, 0.717) is 23.4 Å². The van der Waals surface area contributed by atoms with Crippen LogP contribution in [0.5, 0.6) is 0 Å². The summed E-state index contributed by atoms with van der Waals surface area (Å²) < 4.78 is 0. The van der Waals surface area contributed by atoms with Gasteiger partial charge in [0.1, 0.15) is 0 Å². The highest BCUT2D eigenvalue weighted by atomic mass is 16.2. The number of hydrogen-bond donors (Lipinski definition) is 4. The van der Waals surface area contributed by atoms with Gasteiger partial charge in [-0.1, -0.05) is 36.4 Å². The first-order valence-corrected chi connectivity index (χ1v) is 11.1. The number of rotatable bonds is 6. The second-order valence-corrected chi connectivity index (χ2v) is 8.20. The van der Waals surface area contributed by atoms with Crippen LogP contribution in [0.25, 0.3) is 11.3 Å². The molecule has 0 spiro atoms. The Morgan fingerprint density at radius 3 is 2.79 bits per heavy atom. The predicted molar refractivity (Wildman–Crippen MR) is 128 cm³/mol. The summed E-state index contributed by atoms with van der Waals surface area (Å²) in [4.78, 5) is 34.1. The zero-order chi connectivity index (χ0) is 23.2. The third-order valence-electron chi connectivity index (χ3n) is 5.77. The van der Waals surface area contributed by atoms with Gasteiger partial charge in [-0.25, -0.2) is 9.97 Å². The van der Waals surface area contributed by atoms with Gasteiger partial charge in [-0.15, -0.1) is 0 Å². The number of carbonyl (C=O) groups excluding carboxylic acids is 2. The van der Waals surface area contributed by atoms with Gasteiger partial charge < -0.3 is 21.7 Å². The highest BCUT2D eigenvalue weighted by Gasteiger charge is 2.20. The Labute approximate surface area is 193 Å². The number of nitrogens with two attached hydrogens (primary N) is 1. The molecule has 170 valence electrons. The van der Waals surface area contributed by atoms with E-state index in [4.69, 9.17) is 5.73 Å². The number of nitrogen functional groups attached to an aromatic ring is 1. The molecule has 1 unspecified atom stereocenters. The average Bonchev–Trinajstić information content (AvgIpc) is 2.84. The van der Waals surface area contributed by atoms with Gasteiger partial charge in [-0.3, -0.25) is 9.59 Å². The van der Waals surface area contributed by atoms with Crippen LogP contribution in [-0.4, -0.2) is 40.9 Å². The number of benzene rings is 2. The lowest BCUT2D eigenvalue weighted by Gasteiger charge is -2.23. The van der Waals surface area contributed by atoms with E-state index in [9.17, 15) is 9.59 Å². The molecule has 5 N–H and O–H groups in total. The van der Waals surface area contributed by atoms with E-state index in [2.05, 4.69) is 25.9 Å². The summed E-state index contributed by atoms with van der Waals surface area (Å²) in [6, 6.07) is 15.1. The van der Waals surface area contributed by atoms with Crippen molar-refractivity contribution in [1.29, 1.82) is 0 Å². The minimum atomic E-state index is -0.345. The van der Waals surface area contributed by atoms with Crippen LogP contribution in [0.1, 0.15) is 44.8 Å². The normalized spacial score (nSPS) is 15.6. The van der Waals surface area contributed by atoms with E-state index in [1.54, 1.807) is 18.2 Å². The van der Waals surface area contributed by atoms with Crippen molar-refractivity contribution >= 4 is 17.6 Å². The summed E-state index contributed by atoms with van der Waals surface area (Å²) in [6.45, 7) is 4.13. The molecule has 1 aliphatic heterocycles. The van der Waals surface area contributed by atoms with Gasteiger partial charge in [0.25, 0.3) is 11.8 Å². The van der Waals surface area contributed by atoms with Gasteiger partial charge in [0.05, 0.1) is 11.9 Å². The molecule has 4 rings (SSSR count). The smallest absolute Gasteiger partial charge is 0.274 e. The van der Waals surface area contributed by atoms with Crippen molar-refractivity contribution in [3.63, 3.8) is 0 Å². The Morgan fingerprint density at radius 2 is 2.00 bits per heavy atom. The molecule has 2 aromatic carbocycles. The van der Waals surface area contributed by atoms with Gasteiger partial charge in [0.2, 0.25) is 0 Å². The van der Waals surface area contributed by atoms with E-state index in [1.807, 2.05) is 37.3 Å². The molecule has 2 amide bonds. The summed E-state index contributed by atoms with van der Waals surface area (Å²) in [5.74, 6) is -0.457. The van der Waals surface area contributed by atoms with Crippen molar-refractivity contribution < 1.29 is 9.59 Å². The predicted octanol–water partition coefficient (Wildman–Crippen LogP) is 2.45. The highest BCUT2D eigenvalue weighted by molar-refractivity contribution is 5.97. The lowest BCUT2D eigenvalue weighted by Crippen LogP contribution is -2.46. The topological polar surface area (TPSA) is 122 Å². The van der Waals surface area contributed by atoms with Crippen LogP contribution in [0.4, 0.5) is 5.82 Å². The molecular formula is C25H28N6O2. The number of nitrogens with zero attached hydrogens (tertiary/aromatic N) is 2. The minimum absolute atomic E-state index is 0.0383. The van der Waals surface area contributed by atoms with Crippen LogP contribution < -0.4 is 21.7 Å². The number of anilines is 1. The Kier molecular flexibility index (Phi) is 6.95. The molecule has 1 atom stereocenters. The molecule has 1 fully saturated rings. The molecule has 0 bridgehead atoms. The quantitative estimate of drug-likeness (QED) is 0.463. The summed E-state index contributed by atoms with van der Waals surface area (Å²) in [6.07, 6.45) is 3.43. The van der Waals surface area contributed by atoms with Gasteiger partial charge >= 0.3 is 0 Å². The SMILES string of the molecule is Cc1ccccc1CNC(=O)c1cccc(-c2cnc(N)c(C(=O)NC3CCCNC3)n2)c1. The summed E-state index contributed by atoms with van der Waals surface area (Å²) in [7, 11) is 0. The molecular weight excluding hydrogens is 416 g/mol. The van der Waals surface area contributed by atoms with Gasteiger partial charge in [0, 0.05) is 30.3 Å². The molecule has 1 aliphatic rings. The first kappa shape index (κ1) is 22.4. The van der Waals surface area contributed by atoms with E-state index < -0.39 is 0 Å². The zero-order valence-corrected chi connectivity index (χ0v) is 18.6. The van der Waals surface area contributed by atoms with Crippen LogP contribution in [0, 0.1) is 6.92 Å². The molecule has 8 nitrogen and oxygen atoms in total. The minimum Gasteiger partial charge on any atom is -0.382 e. The largest absolute Gasteiger partial charge is 0.382 e. The summed E-state index contributed by atoms with van der Waals surface area (Å²) in [5, 5.41) is 9.19. The van der Waals surface area contributed by atoms with Crippen molar-refractivity contribution in [3.05, 3.63) is 77.1 Å². The fraction of sp³-hybridized carbons (Fsp3) is 0.280. The van der Waals surface area contributed by atoms with Crippen molar-refractivity contribution in [2.75, 3.05) is 18.8 Å². The summed E-state index contributed by atoms with van der Waals surface area (Å²) >= 11 is 0. The highest BCUT2D eigenvalue weighted by Crippen LogP contribution is 2.20. The van der Waals surface area contributed by atoms with E-state index in [0.717, 1.165) is 37.1 Å². The van der Waals surface area contributed by atoms with Crippen molar-refractivity contribution in [1.82, 2.24) is 25.9 Å². The van der Waals surface area contributed by atoms with Crippen LogP contribution in [0.2, 0.25) is 0 Å². The third kappa shape index (κ3) is 5.53. The Hall–Kier alpha value is -3.78. The molecule has 0 saturated carbocycles. The maximum absolute atomic E-state index is 12.8. The van der Waals surface area contributed by atoms with Crippen LogP contribution in [0.15, 0.2) is 54.7 Å². The maximum Gasteiger partial charge on any atom is 0.274 e. The van der Waals surface area contributed by atoms with Gasteiger partial charge in [-0.05, 0) is 49.6 Å².